The summed E-state index contributed by atoms with van der Waals surface area (Å²) in [6, 6.07) is 11.3. The molecule has 1 amide bonds. The zero-order valence-corrected chi connectivity index (χ0v) is 13.6. The van der Waals surface area contributed by atoms with Crippen LogP contribution in [0.1, 0.15) is 51.0 Å². The zero-order valence-electron chi connectivity index (χ0n) is 13.6. The van der Waals surface area contributed by atoms with Gasteiger partial charge in [0.25, 0.3) is 0 Å². The molecule has 0 spiro atoms. The van der Waals surface area contributed by atoms with Crippen LogP contribution in [0.25, 0.3) is 0 Å². The largest absolute Gasteiger partial charge is 0.335 e. The maximum Gasteiger partial charge on any atom is 0.223 e. The minimum atomic E-state index is 0.331. The summed E-state index contributed by atoms with van der Waals surface area (Å²) in [5.74, 6) is 1.05. The SMILES string of the molecule is CC(C1CC1)N(Cc1ccccc1)C(=O)CCC1CCCN1. The first-order valence-corrected chi connectivity index (χ1v) is 8.81. The van der Waals surface area contributed by atoms with Gasteiger partial charge in [-0.2, -0.15) is 0 Å². The highest BCUT2D eigenvalue weighted by molar-refractivity contribution is 5.76. The fourth-order valence-electron chi connectivity index (χ4n) is 3.52. The Hall–Kier alpha value is -1.35. The quantitative estimate of drug-likeness (QED) is 0.837. The summed E-state index contributed by atoms with van der Waals surface area (Å²) in [5.41, 5.74) is 1.24. The molecular weight excluding hydrogens is 272 g/mol. The predicted molar refractivity (Wildman–Crippen MR) is 89.4 cm³/mol. The Morgan fingerprint density at radius 2 is 2.05 bits per heavy atom. The van der Waals surface area contributed by atoms with Crippen LogP contribution in [0.5, 0.6) is 0 Å². The summed E-state index contributed by atoms with van der Waals surface area (Å²) in [7, 11) is 0. The Morgan fingerprint density at radius 1 is 1.27 bits per heavy atom. The maximum atomic E-state index is 12.8. The van der Waals surface area contributed by atoms with Crippen LogP contribution in [-0.4, -0.2) is 29.4 Å². The van der Waals surface area contributed by atoms with Gasteiger partial charge in [0, 0.05) is 25.0 Å². The number of rotatable bonds is 7. The molecule has 1 aromatic carbocycles. The van der Waals surface area contributed by atoms with Crippen LogP contribution >= 0.6 is 0 Å². The molecule has 3 heteroatoms. The van der Waals surface area contributed by atoms with Crippen LogP contribution in [-0.2, 0) is 11.3 Å². The number of carbonyl (C=O) groups excluding carboxylic acids is 1. The van der Waals surface area contributed by atoms with E-state index < -0.39 is 0 Å². The molecule has 0 aromatic heterocycles. The van der Waals surface area contributed by atoms with E-state index in [-0.39, 0.29) is 0 Å². The van der Waals surface area contributed by atoms with Crippen LogP contribution in [0, 0.1) is 5.92 Å². The summed E-state index contributed by atoms with van der Waals surface area (Å²) < 4.78 is 0. The minimum absolute atomic E-state index is 0.331. The Bertz CT molecular complexity index is 477. The lowest BCUT2D eigenvalue weighted by molar-refractivity contribution is -0.134. The van der Waals surface area contributed by atoms with Gasteiger partial charge >= 0.3 is 0 Å². The predicted octanol–water partition coefficient (Wildman–Crippen LogP) is 3.35. The number of hydrogen-bond acceptors (Lipinski definition) is 2. The smallest absolute Gasteiger partial charge is 0.223 e. The maximum absolute atomic E-state index is 12.8. The Balaban J connectivity index is 1.60. The van der Waals surface area contributed by atoms with E-state index in [1.807, 2.05) is 6.07 Å². The van der Waals surface area contributed by atoms with E-state index in [2.05, 4.69) is 41.4 Å². The summed E-state index contributed by atoms with van der Waals surface area (Å²) >= 11 is 0. The van der Waals surface area contributed by atoms with Gasteiger partial charge in [-0.3, -0.25) is 4.79 Å². The van der Waals surface area contributed by atoms with E-state index in [1.54, 1.807) is 0 Å². The van der Waals surface area contributed by atoms with Crippen molar-refractivity contribution in [3.05, 3.63) is 35.9 Å². The van der Waals surface area contributed by atoms with Crippen molar-refractivity contribution in [2.24, 2.45) is 5.92 Å². The van der Waals surface area contributed by atoms with E-state index in [4.69, 9.17) is 0 Å². The number of benzene rings is 1. The van der Waals surface area contributed by atoms with Crippen molar-refractivity contribution in [1.82, 2.24) is 10.2 Å². The molecule has 2 fully saturated rings. The highest BCUT2D eigenvalue weighted by Gasteiger charge is 2.34. The molecule has 1 saturated carbocycles. The van der Waals surface area contributed by atoms with Crippen LogP contribution < -0.4 is 5.32 Å². The molecule has 1 N–H and O–H groups in total. The number of hydrogen-bond donors (Lipinski definition) is 1. The van der Waals surface area contributed by atoms with Gasteiger partial charge in [0.15, 0.2) is 0 Å². The molecule has 0 radical (unpaired) electrons. The standard InChI is InChI=1S/C19H28N2O/c1-15(17-9-10-17)21(14-16-6-3-2-4-7-16)19(22)12-11-18-8-5-13-20-18/h2-4,6-7,15,17-18,20H,5,8-14H2,1H3. The molecule has 1 heterocycles. The molecule has 22 heavy (non-hydrogen) atoms. The first-order valence-electron chi connectivity index (χ1n) is 8.81. The van der Waals surface area contributed by atoms with Crippen LogP contribution in [0.2, 0.25) is 0 Å². The number of nitrogens with zero attached hydrogens (tertiary/aromatic N) is 1. The highest BCUT2D eigenvalue weighted by Crippen LogP contribution is 2.36. The second-order valence-corrected chi connectivity index (χ2v) is 6.92. The Labute approximate surface area is 134 Å². The minimum Gasteiger partial charge on any atom is -0.335 e. The molecule has 3 nitrogen and oxygen atoms in total. The van der Waals surface area contributed by atoms with Gasteiger partial charge in [0.1, 0.15) is 0 Å². The number of carbonyl (C=O) groups is 1. The molecule has 2 aliphatic rings. The lowest BCUT2D eigenvalue weighted by Crippen LogP contribution is -2.40. The lowest BCUT2D eigenvalue weighted by Gasteiger charge is -2.30. The molecule has 0 bridgehead atoms. The third-order valence-corrected chi connectivity index (χ3v) is 5.18. The van der Waals surface area contributed by atoms with Crippen molar-refractivity contribution in [2.45, 2.75) is 64.1 Å². The van der Waals surface area contributed by atoms with E-state index in [0.717, 1.165) is 25.4 Å². The molecule has 2 atom stereocenters. The van der Waals surface area contributed by atoms with Gasteiger partial charge in [0.2, 0.25) is 5.91 Å². The Morgan fingerprint density at radius 3 is 2.68 bits per heavy atom. The fourth-order valence-corrected chi connectivity index (χ4v) is 3.52. The van der Waals surface area contributed by atoms with Crippen molar-refractivity contribution >= 4 is 5.91 Å². The van der Waals surface area contributed by atoms with Crippen molar-refractivity contribution in [3.8, 4) is 0 Å². The second kappa shape index (κ2) is 7.28. The molecule has 1 aliphatic heterocycles. The monoisotopic (exact) mass is 300 g/mol. The van der Waals surface area contributed by atoms with Gasteiger partial charge in [-0.1, -0.05) is 30.3 Å². The van der Waals surface area contributed by atoms with Gasteiger partial charge in [-0.05, 0) is 57.1 Å². The lowest BCUT2D eigenvalue weighted by atomic mass is 10.1. The second-order valence-electron chi connectivity index (χ2n) is 6.92. The van der Waals surface area contributed by atoms with Gasteiger partial charge in [-0.25, -0.2) is 0 Å². The summed E-state index contributed by atoms with van der Waals surface area (Å²) in [5, 5.41) is 3.49. The first-order chi connectivity index (χ1) is 10.7. The zero-order chi connectivity index (χ0) is 15.4. The first kappa shape index (κ1) is 15.5. The van der Waals surface area contributed by atoms with Crippen molar-refractivity contribution in [1.29, 1.82) is 0 Å². The third kappa shape index (κ3) is 4.10. The normalized spacial score (nSPS) is 22.5. The average Bonchev–Trinajstić information content (AvgIpc) is 3.27. The van der Waals surface area contributed by atoms with E-state index >= 15 is 0 Å². The van der Waals surface area contributed by atoms with Gasteiger partial charge < -0.3 is 10.2 Å². The summed E-state index contributed by atoms with van der Waals surface area (Å²) in [4.78, 5) is 14.9. The fraction of sp³-hybridized carbons (Fsp3) is 0.632. The topological polar surface area (TPSA) is 32.3 Å². The van der Waals surface area contributed by atoms with Gasteiger partial charge in [0.05, 0.1) is 0 Å². The number of nitrogens with one attached hydrogen (secondary N) is 1. The van der Waals surface area contributed by atoms with E-state index in [1.165, 1.54) is 31.2 Å². The average molecular weight is 300 g/mol. The van der Waals surface area contributed by atoms with Crippen molar-refractivity contribution < 1.29 is 4.79 Å². The van der Waals surface area contributed by atoms with E-state index in [9.17, 15) is 4.79 Å². The number of amides is 1. The summed E-state index contributed by atoms with van der Waals surface area (Å²) in [6.45, 7) is 4.10. The molecule has 1 aromatic rings. The van der Waals surface area contributed by atoms with Crippen molar-refractivity contribution in [2.75, 3.05) is 6.54 Å². The van der Waals surface area contributed by atoms with Crippen molar-refractivity contribution in [3.63, 3.8) is 0 Å². The molecule has 3 rings (SSSR count). The molecule has 1 saturated heterocycles. The van der Waals surface area contributed by atoms with Crippen LogP contribution in [0.3, 0.4) is 0 Å². The Kier molecular flexibility index (Phi) is 5.14. The molecular formula is C19H28N2O. The molecule has 2 unspecified atom stereocenters. The van der Waals surface area contributed by atoms with Gasteiger partial charge in [-0.15, -0.1) is 0 Å². The van der Waals surface area contributed by atoms with E-state index in [0.29, 0.717) is 24.4 Å². The van der Waals surface area contributed by atoms with Crippen LogP contribution in [0.4, 0.5) is 0 Å². The third-order valence-electron chi connectivity index (χ3n) is 5.18. The summed E-state index contributed by atoms with van der Waals surface area (Å²) in [6.07, 6.45) is 6.71. The van der Waals surface area contributed by atoms with Crippen LogP contribution in [0.15, 0.2) is 30.3 Å². The molecule has 120 valence electrons. The highest BCUT2D eigenvalue weighted by atomic mass is 16.2. The molecule has 1 aliphatic carbocycles.